The number of amides is 2. The number of benzene rings is 2. The number of aromatic nitrogens is 2. The Morgan fingerprint density at radius 1 is 1.00 bits per heavy atom. The lowest BCUT2D eigenvalue weighted by Gasteiger charge is -2.17. The highest BCUT2D eigenvalue weighted by Gasteiger charge is 2.07. The zero-order valence-electron chi connectivity index (χ0n) is 18.8. The number of rotatable bonds is 11. The molecule has 2 amide bonds. The van der Waals surface area contributed by atoms with Crippen LogP contribution in [0.4, 0.5) is 27.8 Å². The Kier molecular flexibility index (Phi) is 9.29. The molecule has 3 rings (SSSR count). The number of para-hydroxylation sites is 1. The number of carbonyl (C=O) groups excluding carboxylic acids is 1. The first-order chi connectivity index (χ1) is 16.1. The van der Waals surface area contributed by atoms with E-state index >= 15 is 0 Å². The largest absolute Gasteiger partial charge is 0.494 e. The summed E-state index contributed by atoms with van der Waals surface area (Å²) >= 11 is 6.07. The van der Waals surface area contributed by atoms with Crippen LogP contribution < -0.4 is 20.7 Å². The molecule has 0 saturated carbocycles. The standard InChI is InChI=1S/C24H29ClN6O2/c1-3-31(4-2)14-7-15-33-19-12-10-18(11-13-19)28-22-16-23(27-17-26-22)30-24(32)29-21-9-6-5-8-20(21)25/h5-6,8-13,16-17H,3-4,7,14-15H2,1-2H3,(H3,26,27,28,29,30,32). The number of urea groups is 1. The molecule has 0 radical (unpaired) electrons. The van der Waals surface area contributed by atoms with Gasteiger partial charge in [-0.15, -0.1) is 0 Å². The molecule has 0 spiro atoms. The smallest absolute Gasteiger partial charge is 0.324 e. The van der Waals surface area contributed by atoms with Crippen molar-refractivity contribution >= 4 is 40.6 Å². The average Bonchev–Trinajstić information content (AvgIpc) is 2.82. The average molecular weight is 469 g/mol. The molecular weight excluding hydrogens is 440 g/mol. The first kappa shape index (κ1) is 24.3. The van der Waals surface area contributed by atoms with Crippen molar-refractivity contribution in [3.63, 3.8) is 0 Å². The van der Waals surface area contributed by atoms with Gasteiger partial charge in [0.25, 0.3) is 0 Å². The zero-order valence-corrected chi connectivity index (χ0v) is 19.6. The SMILES string of the molecule is CCN(CC)CCCOc1ccc(Nc2cc(NC(=O)Nc3ccccc3Cl)ncn2)cc1. The van der Waals surface area contributed by atoms with Crippen molar-refractivity contribution < 1.29 is 9.53 Å². The number of halogens is 1. The normalized spacial score (nSPS) is 10.7. The van der Waals surface area contributed by atoms with Gasteiger partial charge in [0, 0.05) is 18.3 Å². The summed E-state index contributed by atoms with van der Waals surface area (Å²) in [6.45, 7) is 8.17. The fourth-order valence-electron chi connectivity index (χ4n) is 3.13. The third-order valence-corrected chi connectivity index (χ3v) is 5.27. The molecule has 33 heavy (non-hydrogen) atoms. The lowest BCUT2D eigenvalue weighted by Crippen LogP contribution is -2.25. The van der Waals surface area contributed by atoms with Crippen LogP contribution in [0.15, 0.2) is 60.9 Å². The van der Waals surface area contributed by atoms with Crippen LogP contribution in [0.3, 0.4) is 0 Å². The highest BCUT2D eigenvalue weighted by atomic mass is 35.5. The third kappa shape index (κ3) is 7.93. The second-order valence-corrected chi connectivity index (χ2v) is 7.63. The molecule has 1 heterocycles. The molecule has 0 unspecified atom stereocenters. The van der Waals surface area contributed by atoms with Crippen molar-refractivity contribution in [3.05, 3.63) is 65.9 Å². The van der Waals surface area contributed by atoms with E-state index in [0.717, 1.165) is 37.5 Å². The highest BCUT2D eigenvalue weighted by molar-refractivity contribution is 6.33. The molecule has 0 aliphatic carbocycles. The van der Waals surface area contributed by atoms with E-state index in [-0.39, 0.29) is 0 Å². The maximum atomic E-state index is 12.2. The van der Waals surface area contributed by atoms with Crippen LogP contribution in [-0.2, 0) is 0 Å². The van der Waals surface area contributed by atoms with E-state index in [0.29, 0.717) is 29.0 Å². The zero-order chi connectivity index (χ0) is 23.5. The number of hydrogen-bond acceptors (Lipinski definition) is 6. The Balaban J connectivity index is 1.49. The molecule has 1 aromatic heterocycles. The van der Waals surface area contributed by atoms with E-state index < -0.39 is 6.03 Å². The number of hydrogen-bond donors (Lipinski definition) is 3. The van der Waals surface area contributed by atoms with Crippen molar-refractivity contribution in [2.45, 2.75) is 20.3 Å². The first-order valence-corrected chi connectivity index (χ1v) is 11.3. The second-order valence-electron chi connectivity index (χ2n) is 7.23. The summed E-state index contributed by atoms with van der Waals surface area (Å²) in [7, 11) is 0. The van der Waals surface area contributed by atoms with Gasteiger partial charge < -0.3 is 20.3 Å². The topological polar surface area (TPSA) is 91.4 Å². The summed E-state index contributed by atoms with van der Waals surface area (Å²) in [5.41, 5.74) is 1.36. The van der Waals surface area contributed by atoms with Gasteiger partial charge in [-0.3, -0.25) is 5.32 Å². The number of anilines is 4. The van der Waals surface area contributed by atoms with Crippen LogP contribution in [0.2, 0.25) is 5.02 Å². The van der Waals surface area contributed by atoms with Crippen LogP contribution in [0.1, 0.15) is 20.3 Å². The van der Waals surface area contributed by atoms with E-state index in [4.69, 9.17) is 16.3 Å². The van der Waals surface area contributed by atoms with Gasteiger partial charge in [0.1, 0.15) is 23.7 Å². The van der Waals surface area contributed by atoms with Crippen LogP contribution in [0, 0.1) is 0 Å². The minimum atomic E-state index is -0.449. The molecule has 0 saturated heterocycles. The molecule has 8 nitrogen and oxygen atoms in total. The van der Waals surface area contributed by atoms with Gasteiger partial charge in [-0.2, -0.15) is 0 Å². The molecule has 0 fully saturated rings. The third-order valence-electron chi connectivity index (χ3n) is 4.94. The molecule has 2 aromatic carbocycles. The van der Waals surface area contributed by atoms with Crippen LogP contribution in [-0.4, -0.2) is 47.1 Å². The number of nitrogens with zero attached hydrogens (tertiary/aromatic N) is 3. The lowest BCUT2D eigenvalue weighted by atomic mass is 10.3. The first-order valence-electron chi connectivity index (χ1n) is 10.9. The van der Waals surface area contributed by atoms with E-state index in [1.807, 2.05) is 24.3 Å². The summed E-state index contributed by atoms with van der Waals surface area (Å²) in [5, 5.41) is 9.01. The van der Waals surface area contributed by atoms with Crippen molar-refractivity contribution in [1.82, 2.24) is 14.9 Å². The highest BCUT2D eigenvalue weighted by Crippen LogP contribution is 2.22. The van der Waals surface area contributed by atoms with E-state index in [1.165, 1.54) is 6.33 Å². The van der Waals surface area contributed by atoms with Crippen molar-refractivity contribution in [3.8, 4) is 5.75 Å². The van der Waals surface area contributed by atoms with Gasteiger partial charge in [-0.05, 0) is 55.9 Å². The Morgan fingerprint density at radius 3 is 2.45 bits per heavy atom. The van der Waals surface area contributed by atoms with E-state index in [2.05, 4.69) is 44.7 Å². The number of nitrogens with one attached hydrogen (secondary N) is 3. The van der Waals surface area contributed by atoms with Crippen molar-refractivity contribution in [1.29, 1.82) is 0 Å². The molecule has 9 heteroatoms. The van der Waals surface area contributed by atoms with Gasteiger partial charge in [0.2, 0.25) is 0 Å². The molecular formula is C24H29ClN6O2. The maximum absolute atomic E-state index is 12.2. The van der Waals surface area contributed by atoms with Gasteiger partial charge >= 0.3 is 6.03 Å². The number of carbonyl (C=O) groups is 1. The van der Waals surface area contributed by atoms with E-state index in [9.17, 15) is 4.79 Å². The molecule has 0 aliphatic rings. The molecule has 0 atom stereocenters. The predicted octanol–water partition coefficient (Wildman–Crippen LogP) is 5.63. The summed E-state index contributed by atoms with van der Waals surface area (Å²) in [4.78, 5) is 22.9. The van der Waals surface area contributed by atoms with Gasteiger partial charge in [0.15, 0.2) is 0 Å². The van der Waals surface area contributed by atoms with Crippen LogP contribution in [0.5, 0.6) is 5.75 Å². The summed E-state index contributed by atoms with van der Waals surface area (Å²) in [5.74, 6) is 1.72. The Morgan fingerprint density at radius 2 is 1.73 bits per heavy atom. The molecule has 0 aliphatic heterocycles. The van der Waals surface area contributed by atoms with Crippen LogP contribution in [0.25, 0.3) is 0 Å². The minimum absolute atomic E-state index is 0.352. The van der Waals surface area contributed by atoms with Gasteiger partial charge in [-0.1, -0.05) is 37.6 Å². The van der Waals surface area contributed by atoms with Crippen LogP contribution >= 0.6 is 11.6 Å². The molecule has 3 N–H and O–H groups in total. The van der Waals surface area contributed by atoms with E-state index in [1.54, 1.807) is 30.3 Å². The Labute approximate surface area is 199 Å². The summed E-state index contributed by atoms with van der Waals surface area (Å²) in [6.07, 6.45) is 2.36. The fraction of sp³-hybridized carbons (Fsp3) is 0.292. The van der Waals surface area contributed by atoms with Gasteiger partial charge in [-0.25, -0.2) is 14.8 Å². The Hall–Kier alpha value is -3.36. The molecule has 174 valence electrons. The Bertz CT molecular complexity index is 1030. The van der Waals surface area contributed by atoms with Gasteiger partial charge in [0.05, 0.1) is 17.3 Å². The second kappa shape index (κ2) is 12.6. The maximum Gasteiger partial charge on any atom is 0.324 e. The summed E-state index contributed by atoms with van der Waals surface area (Å²) < 4.78 is 5.83. The fourth-order valence-corrected chi connectivity index (χ4v) is 3.31. The quantitative estimate of drug-likeness (QED) is 0.316. The summed E-state index contributed by atoms with van der Waals surface area (Å²) in [6, 6.07) is 15.8. The van der Waals surface area contributed by atoms with Crippen molar-refractivity contribution in [2.75, 3.05) is 42.2 Å². The molecule has 3 aromatic rings. The van der Waals surface area contributed by atoms with Crippen molar-refractivity contribution in [2.24, 2.45) is 0 Å². The predicted molar refractivity (Wildman–Crippen MR) is 134 cm³/mol. The minimum Gasteiger partial charge on any atom is -0.494 e. The lowest BCUT2D eigenvalue weighted by molar-refractivity contribution is 0.249. The monoisotopic (exact) mass is 468 g/mol. The molecule has 0 bridgehead atoms. The number of ether oxygens (including phenoxy) is 1.